The molecule has 0 aliphatic carbocycles. The molecule has 14 heteroatoms. The Morgan fingerprint density at radius 2 is 0.660 bits per heavy atom. The van der Waals surface area contributed by atoms with Crippen LogP contribution in [-0.2, 0) is 66.4 Å². The third kappa shape index (κ3) is 42.7. The number of ether oxygens (including phenoxy) is 12. The quantitative estimate of drug-likeness (QED) is 0.0658. The average molecular weight is 727 g/mol. The van der Waals surface area contributed by atoms with Crippen molar-refractivity contribution in [3.8, 4) is 0 Å². The minimum atomic E-state index is -0.476. The Morgan fingerprint density at radius 3 is 1.00 bits per heavy atom. The van der Waals surface area contributed by atoms with Gasteiger partial charge in [0.25, 0.3) is 0 Å². The van der Waals surface area contributed by atoms with Gasteiger partial charge in [0.1, 0.15) is 12.2 Å². The van der Waals surface area contributed by atoms with Crippen LogP contribution >= 0.6 is 0 Å². The molecule has 0 aliphatic rings. The summed E-state index contributed by atoms with van der Waals surface area (Å²) in [5.41, 5.74) is -0.476. The fourth-order valence-electron chi connectivity index (χ4n) is 3.97. The van der Waals surface area contributed by atoms with E-state index in [1.807, 2.05) is 20.8 Å². The molecular weight excluding hydrogens is 656 g/mol. The summed E-state index contributed by atoms with van der Waals surface area (Å²) in [5, 5.41) is 0. The largest absolute Gasteiger partial charge is 0.463 e. The molecule has 298 valence electrons. The van der Waals surface area contributed by atoms with E-state index in [-0.39, 0.29) is 25.0 Å². The summed E-state index contributed by atoms with van der Waals surface area (Å²) in [7, 11) is 0. The van der Waals surface area contributed by atoms with Crippen LogP contribution in [0.1, 0.15) is 79.1 Å². The van der Waals surface area contributed by atoms with Crippen LogP contribution in [-0.4, -0.2) is 156 Å². The molecule has 0 aromatic carbocycles. The van der Waals surface area contributed by atoms with E-state index >= 15 is 0 Å². The Morgan fingerprint density at radius 1 is 0.360 bits per heavy atom. The fraction of sp³-hybridized carbons (Fsp3) is 0.944. The third-order valence-corrected chi connectivity index (χ3v) is 6.44. The van der Waals surface area contributed by atoms with Crippen LogP contribution < -0.4 is 0 Å². The molecule has 0 bridgehead atoms. The zero-order valence-corrected chi connectivity index (χ0v) is 31.7. The number of carbonyl (C=O) groups is 2. The van der Waals surface area contributed by atoms with Gasteiger partial charge in [0.2, 0.25) is 0 Å². The number of unbranched alkanes of at least 4 members (excludes halogenated alkanes) is 5. The lowest BCUT2D eigenvalue weighted by atomic mass is 10.1. The maximum atomic E-state index is 11.7. The Kier molecular flexibility index (Phi) is 37.6. The minimum Gasteiger partial charge on any atom is -0.463 e. The number of esters is 2. The highest BCUT2D eigenvalue weighted by Gasteiger charge is 2.15. The molecule has 0 heterocycles. The zero-order valence-electron chi connectivity index (χ0n) is 31.7. The normalized spacial score (nSPS) is 11.7. The Labute approximate surface area is 301 Å². The van der Waals surface area contributed by atoms with Crippen molar-refractivity contribution in [3.63, 3.8) is 0 Å². The van der Waals surface area contributed by atoms with Crippen molar-refractivity contribution in [2.45, 2.75) is 84.7 Å². The van der Waals surface area contributed by atoms with E-state index < -0.39 is 5.60 Å². The minimum absolute atomic E-state index is 0.147. The second-order valence-corrected chi connectivity index (χ2v) is 12.2. The number of carbonyl (C=O) groups excluding carboxylic acids is 2. The molecule has 0 amide bonds. The van der Waals surface area contributed by atoms with E-state index in [1.165, 1.54) is 25.7 Å². The number of rotatable bonds is 40. The van der Waals surface area contributed by atoms with E-state index in [0.29, 0.717) is 139 Å². The highest BCUT2D eigenvalue weighted by atomic mass is 16.6. The molecule has 0 rings (SSSR count). The van der Waals surface area contributed by atoms with Crippen molar-refractivity contribution < 1.29 is 66.4 Å². The Bertz CT molecular complexity index is 719. The van der Waals surface area contributed by atoms with Crippen LogP contribution in [0.4, 0.5) is 0 Å². The first-order chi connectivity index (χ1) is 24.3. The van der Waals surface area contributed by atoms with Gasteiger partial charge in [-0.2, -0.15) is 0 Å². The van der Waals surface area contributed by atoms with Crippen molar-refractivity contribution in [2.24, 2.45) is 0 Å². The summed E-state index contributed by atoms with van der Waals surface area (Å²) in [6, 6.07) is 0. The maximum Gasteiger partial charge on any atom is 0.308 e. The summed E-state index contributed by atoms with van der Waals surface area (Å²) < 4.78 is 64.9. The smallest absolute Gasteiger partial charge is 0.308 e. The van der Waals surface area contributed by atoms with Crippen molar-refractivity contribution >= 4 is 11.9 Å². The van der Waals surface area contributed by atoms with Gasteiger partial charge in [-0.05, 0) is 27.2 Å². The first-order valence-electron chi connectivity index (χ1n) is 18.5. The highest BCUT2D eigenvalue weighted by Crippen LogP contribution is 2.08. The standard InChI is InChI=1S/C36H70O14/c1-5-6-7-8-9-10-11-34(37)49-33-32-48-31-30-47-29-28-46-27-26-45-25-24-44-23-22-43-21-20-42-19-18-41-17-16-40-15-14-39-13-12-35(38)50-36(2,3)4/h5-33H2,1-4H3. The molecule has 0 aromatic rings. The molecule has 14 nitrogen and oxygen atoms in total. The Hall–Kier alpha value is -1.46. The lowest BCUT2D eigenvalue weighted by molar-refractivity contribution is -0.156. The average Bonchev–Trinajstić information content (AvgIpc) is 3.07. The SMILES string of the molecule is CCCCCCCCC(=O)OCCOCCOCCOCCOCCOCCOCCOCCOCCOCCOCCC(=O)OC(C)(C)C. The number of hydrogen-bond donors (Lipinski definition) is 0. The second kappa shape index (κ2) is 38.8. The lowest BCUT2D eigenvalue weighted by Crippen LogP contribution is -2.24. The molecule has 0 fully saturated rings. The van der Waals surface area contributed by atoms with Crippen LogP contribution in [0.25, 0.3) is 0 Å². The van der Waals surface area contributed by atoms with Gasteiger partial charge in [0, 0.05) is 6.42 Å². The molecule has 0 unspecified atom stereocenters. The van der Waals surface area contributed by atoms with Gasteiger partial charge in [-0.25, -0.2) is 0 Å². The summed E-state index contributed by atoms with van der Waals surface area (Å²) in [4.78, 5) is 23.2. The Balaban J connectivity index is 3.14. The molecule has 0 aliphatic heterocycles. The molecule has 0 aromatic heterocycles. The van der Waals surface area contributed by atoms with Crippen LogP contribution in [0.3, 0.4) is 0 Å². The molecule has 0 radical (unpaired) electrons. The van der Waals surface area contributed by atoms with Gasteiger partial charge >= 0.3 is 11.9 Å². The van der Waals surface area contributed by atoms with E-state index in [4.69, 9.17) is 56.8 Å². The molecule has 0 atom stereocenters. The first kappa shape index (κ1) is 48.5. The van der Waals surface area contributed by atoms with E-state index in [9.17, 15) is 9.59 Å². The lowest BCUT2D eigenvalue weighted by Gasteiger charge is -2.19. The fourth-order valence-corrected chi connectivity index (χ4v) is 3.97. The van der Waals surface area contributed by atoms with Gasteiger partial charge in [0.15, 0.2) is 0 Å². The van der Waals surface area contributed by atoms with Crippen LogP contribution in [0.5, 0.6) is 0 Å². The van der Waals surface area contributed by atoms with Crippen molar-refractivity contribution in [3.05, 3.63) is 0 Å². The molecule has 0 spiro atoms. The molecule has 50 heavy (non-hydrogen) atoms. The van der Waals surface area contributed by atoms with Crippen LogP contribution in [0.2, 0.25) is 0 Å². The molecule has 0 saturated carbocycles. The molecule has 0 saturated heterocycles. The topological polar surface area (TPSA) is 145 Å². The molecule has 0 N–H and O–H groups in total. The predicted octanol–water partition coefficient (Wildman–Crippen LogP) is 4.18. The van der Waals surface area contributed by atoms with Crippen molar-refractivity contribution in [1.29, 1.82) is 0 Å². The van der Waals surface area contributed by atoms with E-state index in [0.717, 1.165) is 12.8 Å². The monoisotopic (exact) mass is 726 g/mol. The predicted molar refractivity (Wildman–Crippen MR) is 188 cm³/mol. The van der Waals surface area contributed by atoms with E-state index in [2.05, 4.69) is 6.92 Å². The maximum absolute atomic E-state index is 11.7. The summed E-state index contributed by atoms with van der Waals surface area (Å²) >= 11 is 0. The van der Waals surface area contributed by atoms with Gasteiger partial charge in [-0.3, -0.25) is 9.59 Å². The van der Waals surface area contributed by atoms with Gasteiger partial charge in [0.05, 0.1) is 139 Å². The molecular formula is C36H70O14. The van der Waals surface area contributed by atoms with Crippen molar-refractivity contribution in [2.75, 3.05) is 139 Å². The first-order valence-corrected chi connectivity index (χ1v) is 18.5. The van der Waals surface area contributed by atoms with Gasteiger partial charge in [-0.15, -0.1) is 0 Å². The van der Waals surface area contributed by atoms with Gasteiger partial charge in [-0.1, -0.05) is 39.0 Å². The zero-order chi connectivity index (χ0) is 36.6. The van der Waals surface area contributed by atoms with Crippen LogP contribution in [0, 0.1) is 0 Å². The second-order valence-electron chi connectivity index (χ2n) is 12.2. The van der Waals surface area contributed by atoms with Crippen molar-refractivity contribution in [1.82, 2.24) is 0 Å². The summed E-state index contributed by atoms with van der Waals surface area (Å²) in [6.07, 6.45) is 7.63. The number of hydrogen-bond acceptors (Lipinski definition) is 14. The third-order valence-electron chi connectivity index (χ3n) is 6.44. The van der Waals surface area contributed by atoms with Gasteiger partial charge < -0.3 is 56.8 Å². The van der Waals surface area contributed by atoms with Crippen LogP contribution in [0.15, 0.2) is 0 Å². The summed E-state index contributed by atoms with van der Waals surface area (Å²) in [6.45, 7) is 17.2. The highest BCUT2D eigenvalue weighted by molar-refractivity contribution is 5.70. The summed E-state index contributed by atoms with van der Waals surface area (Å²) in [5.74, 6) is -0.414. The van der Waals surface area contributed by atoms with E-state index in [1.54, 1.807) is 0 Å².